The normalized spacial score (nSPS) is 16.0. The van der Waals surface area contributed by atoms with Gasteiger partial charge in [-0.3, -0.25) is 9.78 Å². The molecule has 2 aromatic rings. The van der Waals surface area contributed by atoms with Crippen molar-refractivity contribution in [2.45, 2.75) is 40.0 Å². The first-order chi connectivity index (χ1) is 13.6. The number of methoxy groups -OCH3 is 1. The van der Waals surface area contributed by atoms with Gasteiger partial charge in [0.25, 0.3) is 0 Å². The molecule has 1 aromatic carbocycles. The number of hydrogen-bond acceptors (Lipinski definition) is 4. The van der Waals surface area contributed by atoms with Crippen molar-refractivity contribution < 1.29 is 23.4 Å². The Morgan fingerprint density at radius 2 is 1.86 bits per heavy atom. The van der Waals surface area contributed by atoms with Gasteiger partial charge in [0.1, 0.15) is 0 Å². The number of halogens is 2. The standard InChI is InChI=1S/C22H26F2N2O3/c1-13-15(11-18(27)28)21(26-9-7-22(2,3)8-10-26)16(12-25-13)14-5-6-17(29-4)20(24)19(14)23/h5-6,12H,7-11H2,1-4H3,(H,27,28). The maximum Gasteiger partial charge on any atom is 0.307 e. The lowest BCUT2D eigenvalue weighted by Gasteiger charge is -2.40. The van der Waals surface area contributed by atoms with E-state index in [-0.39, 0.29) is 23.1 Å². The number of hydrogen-bond donors (Lipinski definition) is 1. The lowest BCUT2D eigenvalue weighted by molar-refractivity contribution is -0.136. The van der Waals surface area contributed by atoms with Gasteiger partial charge in [-0.1, -0.05) is 13.8 Å². The predicted octanol–water partition coefficient (Wildman–Crippen LogP) is 4.60. The van der Waals surface area contributed by atoms with Crippen molar-refractivity contribution in [2.75, 3.05) is 25.1 Å². The van der Waals surface area contributed by atoms with Gasteiger partial charge in [0.2, 0.25) is 5.82 Å². The van der Waals surface area contributed by atoms with Crippen molar-refractivity contribution >= 4 is 11.7 Å². The van der Waals surface area contributed by atoms with Gasteiger partial charge < -0.3 is 14.7 Å². The summed E-state index contributed by atoms with van der Waals surface area (Å²) in [5.41, 5.74) is 2.35. The number of piperidine rings is 1. The summed E-state index contributed by atoms with van der Waals surface area (Å²) in [6.07, 6.45) is 3.10. The van der Waals surface area contributed by atoms with E-state index in [1.54, 1.807) is 6.92 Å². The first-order valence-corrected chi connectivity index (χ1v) is 9.62. The Balaban J connectivity index is 2.20. The topological polar surface area (TPSA) is 62.7 Å². The molecule has 7 heteroatoms. The van der Waals surface area contributed by atoms with Gasteiger partial charge in [-0.15, -0.1) is 0 Å². The second-order valence-corrected chi connectivity index (χ2v) is 8.25. The second-order valence-electron chi connectivity index (χ2n) is 8.25. The van der Waals surface area contributed by atoms with Crippen molar-refractivity contribution in [3.8, 4) is 16.9 Å². The van der Waals surface area contributed by atoms with E-state index in [4.69, 9.17) is 4.74 Å². The Morgan fingerprint density at radius 3 is 2.45 bits per heavy atom. The SMILES string of the molecule is COc1ccc(-c2cnc(C)c(CC(=O)O)c2N2CCC(C)(C)CC2)c(F)c1F. The average molecular weight is 404 g/mol. The molecule has 0 spiro atoms. The van der Waals surface area contributed by atoms with Crippen LogP contribution in [0.3, 0.4) is 0 Å². The number of carboxylic acid groups (broad SMARTS) is 1. The zero-order valence-corrected chi connectivity index (χ0v) is 17.2. The van der Waals surface area contributed by atoms with Gasteiger partial charge in [-0.25, -0.2) is 4.39 Å². The quantitative estimate of drug-likeness (QED) is 0.789. The van der Waals surface area contributed by atoms with Gasteiger partial charge in [0.05, 0.1) is 19.2 Å². The maximum absolute atomic E-state index is 14.9. The molecule has 2 heterocycles. The van der Waals surface area contributed by atoms with Crippen molar-refractivity contribution in [2.24, 2.45) is 5.41 Å². The molecule has 0 bridgehead atoms. The number of rotatable bonds is 5. The fourth-order valence-electron chi connectivity index (χ4n) is 3.79. The molecule has 0 saturated carbocycles. The van der Waals surface area contributed by atoms with Gasteiger partial charge in [-0.2, -0.15) is 4.39 Å². The zero-order valence-electron chi connectivity index (χ0n) is 17.2. The largest absolute Gasteiger partial charge is 0.494 e. The molecule has 1 fully saturated rings. The lowest BCUT2D eigenvalue weighted by atomic mass is 9.82. The predicted molar refractivity (Wildman–Crippen MR) is 107 cm³/mol. The first-order valence-electron chi connectivity index (χ1n) is 9.62. The van der Waals surface area contributed by atoms with Crippen molar-refractivity contribution in [1.29, 1.82) is 0 Å². The van der Waals surface area contributed by atoms with Crippen LogP contribution in [0.15, 0.2) is 18.3 Å². The highest BCUT2D eigenvalue weighted by molar-refractivity contribution is 5.85. The molecule has 1 aliphatic heterocycles. The van der Waals surface area contributed by atoms with Crippen LogP contribution in [0.1, 0.15) is 37.9 Å². The number of carbonyl (C=O) groups is 1. The molecule has 1 aliphatic rings. The second kappa shape index (κ2) is 7.97. The molecule has 0 unspecified atom stereocenters. The van der Waals surface area contributed by atoms with Crippen LogP contribution >= 0.6 is 0 Å². The molecular weight excluding hydrogens is 378 g/mol. The number of carboxylic acids is 1. The van der Waals surface area contributed by atoms with E-state index in [0.717, 1.165) is 12.8 Å². The number of anilines is 1. The summed E-state index contributed by atoms with van der Waals surface area (Å²) in [4.78, 5) is 17.9. The average Bonchev–Trinajstić information content (AvgIpc) is 2.66. The molecule has 1 saturated heterocycles. The van der Waals surface area contributed by atoms with E-state index in [1.807, 2.05) is 0 Å². The highest BCUT2D eigenvalue weighted by Crippen LogP contribution is 2.41. The van der Waals surface area contributed by atoms with E-state index in [0.29, 0.717) is 35.6 Å². The molecule has 0 atom stereocenters. The molecular formula is C22H26F2N2O3. The minimum absolute atomic E-state index is 0.0438. The third-order valence-corrected chi connectivity index (χ3v) is 5.68. The van der Waals surface area contributed by atoms with Crippen LogP contribution in [0.4, 0.5) is 14.5 Å². The molecule has 0 radical (unpaired) electrons. The van der Waals surface area contributed by atoms with Gasteiger partial charge in [0, 0.05) is 41.7 Å². The molecule has 0 aliphatic carbocycles. The third kappa shape index (κ3) is 4.18. The fourth-order valence-corrected chi connectivity index (χ4v) is 3.79. The highest BCUT2D eigenvalue weighted by atomic mass is 19.2. The number of aliphatic carboxylic acids is 1. The summed E-state index contributed by atoms with van der Waals surface area (Å²) < 4.78 is 34.1. The van der Waals surface area contributed by atoms with E-state index in [2.05, 4.69) is 23.7 Å². The van der Waals surface area contributed by atoms with Gasteiger partial charge in [-0.05, 0) is 37.3 Å². The Hall–Kier alpha value is -2.70. The fraction of sp³-hybridized carbons (Fsp3) is 0.455. The molecule has 1 aromatic heterocycles. The van der Waals surface area contributed by atoms with E-state index in [1.165, 1.54) is 25.4 Å². The molecule has 0 amide bonds. The van der Waals surface area contributed by atoms with Crippen LogP contribution in [0.2, 0.25) is 0 Å². The summed E-state index contributed by atoms with van der Waals surface area (Å²) in [5.74, 6) is -3.28. The molecule has 1 N–H and O–H groups in total. The van der Waals surface area contributed by atoms with Crippen molar-refractivity contribution in [1.82, 2.24) is 4.98 Å². The number of aryl methyl sites for hydroxylation is 1. The smallest absolute Gasteiger partial charge is 0.307 e. The van der Waals surface area contributed by atoms with Crippen LogP contribution in [-0.4, -0.2) is 36.3 Å². The summed E-state index contributed by atoms with van der Waals surface area (Å²) in [7, 11) is 1.27. The highest BCUT2D eigenvalue weighted by Gasteiger charge is 2.30. The Bertz CT molecular complexity index is 934. The van der Waals surface area contributed by atoms with E-state index in [9.17, 15) is 18.7 Å². The maximum atomic E-state index is 14.9. The molecule has 3 rings (SSSR count). The summed E-state index contributed by atoms with van der Waals surface area (Å²) in [6.45, 7) is 7.54. The van der Waals surface area contributed by atoms with Crippen LogP contribution in [0, 0.1) is 24.0 Å². The van der Waals surface area contributed by atoms with Gasteiger partial charge in [0.15, 0.2) is 11.6 Å². The Kier molecular flexibility index (Phi) is 5.78. The third-order valence-electron chi connectivity index (χ3n) is 5.68. The summed E-state index contributed by atoms with van der Waals surface area (Å²) in [5, 5.41) is 9.43. The number of ether oxygens (including phenoxy) is 1. The van der Waals surface area contributed by atoms with Crippen molar-refractivity contribution in [3.05, 3.63) is 41.2 Å². The minimum atomic E-state index is -1.07. The molecule has 5 nitrogen and oxygen atoms in total. The first kappa shape index (κ1) is 21.0. The van der Waals surface area contributed by atoms with Crippen molar-refractivity contribution in [3.63, 3.8) is 0 Å². The van der Waals surface area contributed by atoms with Gasteiger partial charge >= 0.3 is 5.97 Å². The zero-order chi connectivity index (χ0) is 21.3. The number of pyridine rings is 1. The summed E-state index contributed by atoms with van der Waals surface area (Å²) in [6, 6.07) is 2.82. The molecule has 29 heavy (non-hydrogen) atoms. The monoisotopic (exact) mass is 404 g/mol. The number of benzene rings is 1. The number of nitrogens with zero attached hydrogens (tertiary/aromatic N) is 2. The molecule has 156 valence electrons. The van der Waals surface area contributed by atoms with Crippen LogP contribution < -0.4 is 9.64 Å². The Morgan fingerprint density at radius 1 is 1.21 bits per heavy atom. The minimum Gasteiger partial charge on any atom is -0.494 e. The summed E-state index contributed by atoms with van der Waals surface area (Å²) >= 11 is 0. The van der Waals surface area contributed by atoms with Crippen LogP contribution in [0.25, 0.3) is 11.1 Å². The van der Waals surface area contributed by atoms with E-state index >= 15 is 0 Å². The lowest BCUT2D eigenvalue weighted by Crippen LogP contribution is -2.38. The Labute approximate surface area is 169 Å². The number of aromatic nitrogens is 1. The van der Waals surface area contributed by atoms with Crippen LogP contribution in [0.5, 0.6) is 5.75 Å². The van der Waals surface area contributed by atoms with Crippen LogP contribution in [-0.2, 0) is 11.2 Å². The van der Waals surface area contributed by atoms with E-state index < -0.39 is 17.6 Å².